The van der Waals surface area contributed by atoms with E-state index in [0.717, 1.165) is 5.71 Å². The lowest BCUT2D eigenvalue weighted by Crippen LogP contribution is -2.35. The molecular formula is C19H16N2. The quantitative estimate of drug-likeness (QED) is 0.802. The Morgan fingerprint density at radius 1 is 0.810 bits per heavy atom. The van der Waals surface area contributed by atoms with Crippen LogP contribution >= 0.6 is 0 Å². The highest BCUT2D eigenvalue weighted by atomic mass is 15.3. The summed E-state index contributed by atoms with van der Waals surface area (Å²) in [5, 5.41) is 0. The Kier molecular flexibility index (Phi) is 2.93. The Hall–Kier alpha value is -2.61. The molecule has 2 unspecified atom stereocenters. The minimum atomic E-state index is 0.0426. The van der Waals surface area contributed by atoms with Crippen LogP contribution in [0, 0.1) is 0 Å². The fourth-order valence-electron chi connectivity index (χ4n) is 2.99. The van der Waals surface area contributed by atoms with E-state index in [-0.39, 0.29) is 12.2 Å². The van der Waals surface area contributed by atoms with Gasteiger partial charge in [-0.2, -0.15) is 0 Å². The molecule has 0 saturated heterocycles. The molecule has 4 rings (SSSR count). The predicted molar refractivity (Wildman–Crippen MR) is 87.6 cm³/mol. The van der Waals surface area contributed by atoms with Crippen LogP contribution in [0.2, 0.25) is 0 Å². The number of nitrogens with zero attached hydrogens (tertiary/aromatic N) is 2. The second-order valence-corrected chi connectivity index (χ2v) is 5.27. The first kappa shape index (κ1) is 12.2. The number of allylic oxidation sites excluding steroid dienone is 2. The molecular weight excluding hydrogens is 256 g/mol. The third-order valence-corrected chi connectivity index (χ3v) is 3.96. The highest BCUT2D eigenvalue weighted by Crippen LogP contribution is 2.37. The predicted octanol–water partition coefficient (Wildman–Crippen LogP) is 4.14. The van der Waals surface area contributed by atoms with Gasteiger partial charge >= 0.3 is 0 Å². The van der Waals surface area contributed by atoms with Crippen LogP contribution in [0.5, 0.6) is 0 Å². The van der Waals surface area contributed by atoms with Crippen LogP contribution in [0.1, 0.15) is 11.7 Å². The van der Waals surface area contributed by atoms with Crippen LogP contribution in [-0.4, -0.2) is 11.8 Å². The van der Waals surface area contributed by atoms with Crippen LogP contribution in [0.3, 0.4) is 0 Å². The zero-order chi connectivity index (χ0) is 14.1. The first-order valence-electron chi connectivity index (χ1n) is 7.24. The van der Waals surface area contributed by atoms with Crippen molar-refractivity contribution < 1.29 is 0 Å². The standard InChI is InChI=1S/C19H16N2/c1-3-9-15(10-4-1)19-20-17-13-7-8-14-18(17)21(19)16-11-5-2-6-12-16/h1-14,18-19H. The third-order valence-electron chi connectivity index (χ3n) is 3.96. The minimum Gasteiger partial charge on any atom is -0.334 e. The lowest BCUT2D eigenvalue weighted by Gasteiger charge is -2.31. The molecule has 2 atom stereocenters. The molecule has 0 spiro atoms. The summed E-state index contributed by atoms with van der Waals surface area (Å²) in [6.45, 7) is 0. The lowest BCUT2D eigenvalue weighted by molar-refractivity contribution is 0.696. The zero-order valence-corrected chi connectivity index (χ0v) is 11.6. The van der Waals surface area contributed by atoms with E-state index in [0.29, 0.717) is 0 Å². The average Bonchev–Trinajstić information content (AvgIpc) is 2.96. The molecule has 0 radical (unpaired) electrons. The van der Waals surface area contributed by atoms with Gasteiger partial charge in [-0.1, -0.05) is 66.8 Å². The first-order chi connectivity index (χ1) is 10.4. The van der Waals surface area contributed by atoms with E-state index in [1.165, 1.54) is 11.3 Å². The van der Waals surface area contributed by atoms with Crippen molar-refractivity contribution in [3.63, 3.8) is 0 Å². The largest absolute Gasteiger partial charge is 0.334 e. The van der Waals surface area contributed by atoms with Gasteiger partial charge < -0.3 is 4.90 Å². The van der Waals surface area contributed by atoms with Crippen molar-refractivity contribution in [2.75, 3.05) is 4.90 Å². The Labute approximate surface area is 124 Å². The molecule has 0 aromatic heterocycles. The van der Waals surface area contributed by atoms with E-state index < -0.39 is 0 Å². The summed E-state index contributed by atoms with van der Waals surface area (Å²) in [5.41, 5.74) is 3.57. The van der Waals surface area contributed by atoms with Crippen molar-refractivity contribution in [2.24, 2.45) is 4.99 Å². The van der Waals surface area contributed by atoms with E-state index in [1.807, 2.05) is 6.07 Å². The maximum absolute atomic E-state index is 4.94. The Morgan fingerprint density at radius 3 is 2.29 bits per heavy atom. The molecule has 102 valence electrons. The molecule has 0 N–H and O–H groups in total. The van der Waals surface area contributed by atoms with Crippen molar-refractivity contribution in [3.05, 3.63) is 90.5 Å². The van der Waals surface area contributed by atoms with E-state index in [4.69, 9.17) is 4.99 Å². The Morgan fingerprint density at radius 2 is 1.52 bits per heavy atom. The van der Waals surface area contributed by atoms with Crippen molar-refractivity contribution in [2.45, 2.75) is 12.2 Å². The fraction of sp³-hybridized carbons (Fsp3) is 0.105. The monoisotopic (exact) mass is 272 g/mol. The van der Waals surface area contributed by atoms with Gasteiger partial charge in [0.1, 0.15) is 6.17 Å². The summed E-state index contributed by atoms with van der Waals surface area (Å²) in [4.78, 5) is 7.32. The zero-order valence-electron chi connectivity index (χ0n) is 11.6. The van der Waals surface area contributed by atoms with E-state index >= 15 is 0 Å². The highest BCUT2D eigenvalue weighted by Gasteiger charge is 2.35. The molecule has 0 fully saturated rings. The topological polar surface area (TPSA) is 15.6 Å². The van der Waals surface area contributed by atoms with E-state index in [2.05, 4.69) is 83.8 Å². The molecule has 21 heavy (non-hydrogen) atoms. The van der Waals surface area contributed by atoms with Gasteiger partial charge in [0.2, 0.25) is 0 Å². The second-order valence-electron chi connectivity index (χ2n) is 5.27. The van der Waals surface area contributed by atoms with Gasteiger partial charge in [-0.25, -0.2) is 0 Å². The smallest absolute Gasteiger partial charge is 0.148 e. The molecule has 1 aliphatic carbocycles. The number of para-hydroxylation sites is 1. The molecule has 2 aromatic rings. The number of anilines is 1. The van der Waals surface area contributed by atoms with Crippen LogP contribution in [0.25, 0.3) is 0 Å². The van der Waals surface area contributed by atoms with Gasteiger partial charge in [0.25, 0.3) is 0 Å². The molecule has 1 heterocycles. The van der Waals surface area contributed by atoms with Crippen molar-refractivity contribution in [1.82, 2.24) is 0 Å². The van der Waals surface area contributed by atoms with Gasteiger partial charge in [0, 0.05) is 5.69 Å². The average molecular weight is 272 g/mol. The molecule has 0 saturated carbocycles. The molecule has 1 aliphatic heterocycles. The van der Waals surface area contributed by atoms with Gasteiger partial charge in [-0.15, -0.1) is 0 Å². The molecule has 2 nitrogen and oxygen atoms in total. The summed E-state index contributed by atoms with van der Waals surface area (Å²) in [7, 11) is 0. The number of hydrogen-bond donors (Lipinski definition) is 0. The molecule has 2 aliphatic rings. The van der Waals surface area contributed by atoms with Crippen LogP contribution in [0.4, 0.5) is 5.69 Å². The van der Waals surface area contributed by atoms with E-state index in [9.17, 15) is 0 Å². The number of aliphatic imine (C=N–C) groups is 1. The summed E-state index contributed by atoms with van der Waals surface area (Å²) in [5.74, 6) is 0. The molecule has 0 bridgehead atoms. The second kappa shape index (κ2) is 5.06. The van der Waals surface area contributed by atoms with Crippen LogP contribution in [-0.2, 0) is 0 Å². The number of rotatable bonds is 2. The molecule has 0 amide bonds. The van der Waals surface area contributed by atoms with Crippen LogP contribution in [0.15, 0.2) is 90.0 Å². The molecule has 2 heteroatoms. The number of hydrogen-bond acceptors (Lipinski definition) is 2. The SMILES string of the molecule is C1=CC2=NC(c3ccccc3)N(c3ccccc3)C2C=C1. The third kappa shape index (κ3) is 2.09. The van der Waals surface area contributed by atoms with Gasteiger partial charge in [-0.05, 0) is 23.8 Å². The summed E-state index contributed by atoms with van der Waals surface area (Å²) in [6, 6.07) is 21.2. The fourth-order valence-corrected chi connectivity index (χ4v) is 2.99. The Balaban J connectivity index is 1.82. The maximum atomic E-state index is 4.94. The maximum Gasteiger partial charge on any atom is 0.148 e. The van der Waals surface area contributed by atoms with Crippen molar-refractivity contribution in [3.8, 4) is 0 Å². The van der Waals surface area contributed by atoms with Crippen molar-refractivity contribution in [1.29, 1.82) is 0 Å². The van der Waals surface area contributed by atoms with Gasteiger partial charge in [0.05, 0.1) is 11.8 Å². The summed E-state index contributed by atoms with van der Waals surface area (Å²) in [6.07, 6.45) is 8.54. The van der Waals surface area contributed by atoms with E-state index in [1.54, 1.807) is 0 Å². The van der Waals surface area contributed by atoms with Crippen molar-refractivity contribution >= 4 is 11.4 Å². The summed E-state index contributed by atoms with van der Waals surface area (Å²) < 4.78 is 0. The number of benzene rings is 2. The van der Waals surface area contributed by atoms with Crippen LogP contribution < -0.4 is 4.90 Å². The lowest BCUT2D eigenvalue weighted by atomic mass is 10.0. The highest BCUT2D eigenvalue weighted by molar-refractivity contribution is 6.06. The summed E-state index contributed by atoms with van der Waals surface area (Å²) >= 11 is 0. The minimum absolute atomic E-state index is 0.0426. The number of fused-ring (bicyclic) bond motifs is 1. The first-order valence-corrected chi connectivity index (χ1v) is 7.24. The molecule has 2 aromatic carbocycles. The van der Waals surface area contributed by atoms with Gasteiger partial charge in [-0.3, -0.25) is 4.99 Å². The van der Waals surface area contributed by atoms with Gasteiger partial charge in [0.15, 0.2) is 0 Å². The Bertz CT molecular complexity index is 714. The normalized spacial score (nSPS) is 23.0.